The molecule has 1 aromatic carbocycles. The zero-order chi connectivity index (χ0) is 11.2. The van der Waals surface area contributed by atoms with Crippen LogP contribution in [0.3, 0.4) is 0 Å². The van der Waals surface area contributed by atoms with Gasteiger partial charge in [0.05, 0.1) is 0 Å². The minimum atomic E-state index is 0.102. The van der Waals surface area contributed by atoms with Gasteiger partial charge in [-0.15, -0.1) is 0 Å². The summed E-state index contributed by atoms with van der Waals surface area (Å²) in [6, 6.07) is 4.19. The molecule has 0 bridgehead atoms. The molecule has 16 heavy (non-hydrogen) atoms. The highest BCUT2D eigenvalue weighted by molar-refractivity contribution is 5.53. The van der Waals surface area contributed by atoms with Crippen LogP contribution in [0.25, 0.3) is 0 Å². The molecule has 2 aliphatic heterocycles. The number of hydrogen-bond donors (Lipinski definition) is 1. The average molecular weight is 219 g/mol. The predicted octanol–water partition coefficient (Wildman–Crippen LogP) is 2.32. The first kappa shape index (κ1) is 9.97. The minimum Gasteiger partial charge on any atom is -0.454 e. The number of ether oxygens (including phenoxy) is 2. The van der Waals surface area contributed by atoms with E-state index < -0.39 is 0 Å². The van der Waals surface area contributed by atoms with E-state index in [0.717, 1.165) is 18.0 Å². The van der Waals surface area contributed by atoms with Crippen LogP contribution in [0, 0.1) is 6.92 Å². The van der Waals surface area contributed by atoms with Crippen LogP contribution in [-0.2, 0) is 5.54 Å². The molecule has 0 radical (unpaired) electrons. The molecule has 1 unspecified atom stereocenters. The van der Waals surface area contributed by atoms with Crippen LogP contribution in [0.4, 0.5) is 0 Å². The molecule has 0 aliphatic carbocycles. The van der Waals surface area contributed by atoms with E-state index in [4.69, 9.17) is 9.47 Å². The maximum absolute atomic E-state index is 5.52. The van der Waals surface area contributed by atoms with E-state index in [1.165, 1.54) is 24.0 Å². The first-order valence-electron chi connectivity index (χ1n) is 5.85. The van der Waals surface area contributed by atoms with Gasteiger partial charge in [0.1, 0.15) is 0 Å². The molecule has 2 heterocycles. The lowest BCUT2D eigenvalue weighted by Gasteiger charge is -2.27. The van der Waals surface area contributed by atoms with E-state index in [1.807, 2.05) is 6.07 Å². The van der Waals surface area contributed by atoms with E-state index in [0.29, 0.717) is 6.79 Å². The molecule has 1 atom stereocenters. The topological polar surface area (TPSA) is 30.5 Å². The van der Waals surface area contributed by atoms with Gasteiger partial charge in [-0.3, -0.25) is 0 Å². The highest BCUT2D eigenvalue weighted by atomic mass is 16.7. The first-order valence-corrected chi connectivity index (χ1v) is 5.85. The van der Waals surface area contributed by atoms with Gasteiger partial charge in [-0.05, 0) is 44.9 Å². The average Bonchev–Trinajstić information content (AvgIpc) is 2.87. The van der Waals surface area contributed by atoms with E-state index in [1.54, 1.807) is 0 Å². The third-order valence-corrected chi connectivity index (χ3v) is 3.75. The molecule has 3 rings (SSSR count). The van der Waals surface area contributed by atoms with Crippen LogP contribution in [0.15, 0.2) is 12.1 Å². The molecule has 3 heteroatoms. The third-order valence-electron chi connectivity index (χ3n) is 3.75. The zero-order valence-corrected chi connectivity index (χ0v) is 9.80. The number of nitrogens with one attached hydrogen (secondary N) is 1. The van der Waals surface area contributed by atoms with E-state index in [2.05, 4.69) is 25.2 Å². The fourth-order valence-corrected chi connectivity index (χ4v) is 2.83. The normalized spacial score (nSPS) is 27.4. The summed E-state index contributed by atoms with van der Waals surface area (Å²) in [5, 5.41) is 3.58. The van der Waals surface area contributed by atoms with Crippen molar-refractivity contribution in [1.29, 1.82) is 0 Å². The van der Waals surface area contributed by atoms with Gasteiger partial charge in [-0.1, -0.05) is 6.07 Å². The Morgan fingerprint density at radius 3 is 2.94 bits per heavy atom. The van der Waals surface area contributed by atoms with Gasteiger partial charge in [-0.25, -0.2) is 0 Å². The molecule has 0 spiro atoms. The predicted molar refractivity (Wildman–Crippen MR) is 61.9 cm³/mol. The summed E-state index contributed by atoms with van der Waals surface area (Å²) in [6.45, 7) is 5.84. The Hall–Kier alpha value is -1.22. The van der Waals surface area contributed by atoms with E-state index in [9.17, 15) is 0 Å². The maximum atomic E-state index is 5.52. The van der Waals surface area contributed by atoms with Crippen LogP contribution in [0.2, 0.25) is 0 Å². The highest BCUT2D eigenvalue weighted by Crippen LogP contribution is 2.42. The van der Waals surface area contributed by atoms with Crippen LogP contribution in [-0.4, -0.2) is 13.3 Å². The van der Waals surface area contributed by atoms with Gasteiger partial charge >= 0.3 is 0 Å². The lowest BCUT2D eigenvalue weighted by molar-refractivity contribution is 0.173. The Morgan fingerprint density at radius 2 is 2.19 bits per heavy atom. The third kappa shape index (κ3) is 1.31. The SMILES string of the molecule is Cc1c(C2(C)CCCN2)ccc2c1OCO2. The molecule has 0 saturated carbocycles. The Bertz CT molecular complexity index is 422. The number of hydrogen-bond acceptors (Lipinski definition) is 3. The van der Waals surface area contributed by atoms with E-state index in [-0.39, 0.29) is 5.54 Å². The minimum absolute atomic E-state index is 0.102. The molecule has 0 amide bonds. The maximum Gasteiger partial charge on any atom is 0.231 e. The van der Waals surface area contributed by atoms with Crippen molar-refractivity contribution in [3.8, 4) is 11.5 Å². The first-order chi connectivity index (χ1) is 7.71. The van der Waals surface area contributed by atoms with Crippen molar-refractivity contribution in [2.75, 3.05) is 13.3 Å². The van der Waals surface area contributed by atoms with Crippen LogP contribution < -0.4 is 14.8 Å². The van der Waals surface area contributed by atoms with Gasteiger partial charge in [0, 0.05) is 11.1 Å². The van der Waals surface area contributed by atoms with Gasteiger partial charge in [-0.2, -0.15) is 0 Å². The molecular weight excluding hydrogens is 202 g/mol. The van der Waals surface area contributed by atoms with Crippen molar-refractivity contribution in [2.45, 2.75) is 32.2 Å². The molecule has 1 fully saturated rings. The second-order valence-electron chi connectivity index (χ2n) is 4.83. The number of fused-ring (bicyclic) bond motifs is 1. The fourth-order valence-electron chi connectivity index (χ4n) is 2.83. The van der Waals surface area contributed by atoms with Crippen molar-refractivity contribution >= 4 is 0 Å². The summed E-state index contributed by atoms with van der Waals surface area (Å²) < 4.78 is 10.9. The Morgan fingerprint density at radius 1 is 1.31 bits per heavy atom. The lowest BCUT2D eigenvalue weighted by Crippen LogP contribution is -2.33. The monoisotopic (exact) mass is 219 g/mol. The molecule has 2 aliphatic rings. The van der Waals surface area contributed by atoms with Crippen molar-refractivity contribution in [1.82, 2.24) is 5.32 Å². The summed E-state index contributed by atoms with van der Waals surface area (Å²) in [5.74, 6) is 1.80. The van der Waals surface area contributed by atoms with Crippen LogP contribution in [0.1, 0.15) is 30.9 Å². The molecule has 1 saturated heterocycles. The summed E-state index contributed by atoms with van der Waals surface area (Å²) in [6.07, 6.45) is 2.43. The highest BCUT2D eigenvalue weighted by Gasteiger charge is 2.33. The second kappa shape index (κ2) is 3.39. The summed E-state index contributed by atoms with van der Waals surface area (Å²) in [5.41, 5.74) is 2.66. The number of rotatable bonds is 1. The van der Waals surface area contributed by atoms with Crippen LogP contribution >= 0.6 is 0 Å². The lowest BCUT2D eigenvalue weighted by atomic mass is 9.87. The summed E-state index contributed by atoms with van der Waals surface area (Å²) in [7, 11) is 0. The Labute approximate surface area is 95.8 Å². The summed E-state index contributed by atoms with van der Waals surface area (Å²) in [4.78, 5) is 0. The standard InChI is InChI=1S/C13H17NO2/c1-9-10(13(2)6-3-7-14-13)4-5-11-12(9)16-8-15-11/h4-5,14H,3,6-8H2,1-2H3. The van der Waals surface area contributed by atoms with Crippen LogP contribution in [0.5, 0.6) is 11.5 Å². The molecular formula is C13H17NO2. The molecule has 86 valence electrons. The molecule has 1 N–H and O–H groups in total. The summed E-state index contributed by atoms with van der Waals surface area (Å²) >= 11 is 0. The molecule has 3 nitrogen and oxygen atoms in total. The molecule has 1 aromatic rings. The van der Waals surface area contributed by atoms with Gasteiger partial charge in [0.15, 0.2) is 11.5 Å². The fraction of sp³-hybridized carbons (Fsp3) is 0.538. The largest absolute Gasteiger partial charge is 0.454 e. The van der Waals surface area contributed by atoms with Gasteiger partial charge in [0.25, 0.3) is 0 Å². The van der Waals surface area contributed by atoms with Crippen molar-refractivity contribution < 1.29 is 9.47 Å². The van der Waals surface area contributed by atoms with E-state index >= 15 is 0 Å². The van der Waals surface area contributed by atoms with Gasteiger partial charge in [0.2, 0.25) is 6.79 Å². The zero-order valence-electron chi connectivity index (χ0n) is 9.80. The second-order valence-corrected chi connectivity index (χ2v) is 4.83. The Kier molecular flexibility index (Phi) is 2.11. The molecule has 0 aromatic heterocycles. The smallest absolute Gasteiger partial charge is 0.231 e. The Balaban J connectivity index is 2.08. The van der Waals surface area contributed by atoms with Crippen molar-refractivity contribution in [3.05, 3.63) is 23.3 Å². The van der Waals surface area contributed by atoms with Gasteiger partial charge < -0.3 is 14.8 Å². The van der Waals surface area contributed by atoms with Crippen molar-refractivity contribution in [2.24, 2.45) is 0 Å². The van der Waals surface area contributed by atoms with Crippen molar-refractivity contribution in [3.63, 3.8) is 0 Å². The number of benzene rings is 1. The quantitative estimate of drug-likeness (QED) is 0.786.